The van der Waals surface area contributed by atoms with Crippen molar-refractivity contribution < 1.29 is 9.94 Å². The lowest BCUT2D eigenvalue weighted by Gasteiger charge is -2.03. The fourth-order valence-corrected chi connectivity index (χ4v) is 1.25. The van der Waals surface area contributed by atoms with E-state index in [9.17, 15) is 0 Å². The van der Waals surface area contributed by atoms with Crippen molar-refractivity contribution in [2.45, 2.75) is 0 Å². The smallest absolute Gasteiger partial charge is 0.220 e. The van der Waals surface area contributed by atoms with Crippen LogP contribution in [0, 0.1) is 0 Å². The summed E-state index contributed by atoms with van der Waals surface area (Å²) in [6.45, 7) is 0. The number of aryl methyl sites for hydroxylation is 1. The first-order valence-corrected chi connectivity index (χ1v) is 4.79. The van der Waals surface area contributed by atoms with Gasteiger partial charge in [0.15, 0.2) is 11.6 Å². The zero-order chi connectivity index (χ0) is 12.3. The van der Waals surface area contributed by atoms with Gasteiger partial charge in [-0.2, -0.15) is 5.10 Å². The van der Waals surface area contributed by atoms with Crippen molar-refractivity contribution >= 4 is 5.84 Å². The van der Waals surface area contributed by atoms with Crippen LogP contribution in [0.25, 0.3) is 0 Å². The Hall–Kier alpha value is -2.57. The molecule has 0 saturated heterocycles. The van der Waals surface area contributed by atoms with E-state index in [4.69, 9.17) is 15.7 Å². The lowest BCUT2D eigenvalue weighted by Crippen LogP contribution is -2.13. The number of ether oxygens (including phenoxy) is 1. The molecule has 0 fully saturated rings. The van der Waals surface area contributed by atoms with Crippen LogP contribution in [0.5, 0.6) is 11.6 Å². The summed E-state index contributed by atoms with van der Waals surface area (Å²) in [6, 6.07) is 3.19. The summed E-state index contributed by atoms with van der Waals surface area (Å²) < 4.78 is 7.06. The quantitative estimate of drug-likeness (QED) is 0.352. The Kier molecular flexibility index (Phi) is 2.91. The van der Waals surface area contributed by atoms with Gasteiger partial charge in [-0.3, -0.25) is 4.68 Å². The van der Waals surface area contributed by atoms with Gasteiger partial charge in [0.2, 0.25) is 5.88 Å². The Balaban J connectivity index is 2.22. The first-order chi connectivity index (χ1) is 8.19. The number of aromatic nitrogens is 3. The van der Waals surface area contributed by atoms with Crippen molar-refractivity contribution in [3.8, 4) is 11.6 Å². The molecular formula is C10H11N5O2. The first kappa shape index (κ1) is 10.9. The van der Waals surface area contributed by atoms with Crippen molar-refractivity contribution in [1.29, 1.82) is 0 Å². The molecule has 0 atom stereocenters. The molecule has 0 amide bonds. The molecule has 2 aromatic heterocycles. The monoisotopic (exact) mass is 233 g/mol. The maximum absolute atomic E-state index is 8.56. The van der Waals surface area contributed by atoms with Gasteiger partial charge in [0.25, 0.3) is 0 Å². The van der Waals surface area contributed by atoms with Gasteiger partial charge in [0.1, 0.15) is 0 Å². The average molecular weight is 233 g/mol. The van der Waals surface area contributed by atoms with Crippen LogP contribution in [0.4, 0.5) is 0 Å². The molecule has 7 nitrogen and oxygen atoms in total. The minimum Gasteiger partial charge on any atom is -0.436 e. The zero-order valence-electron chi connectivity index (χ0n) is 9.11. The van der Waals surface area contributed by atoms with E-state index in [1.54, 1.807) is 36.3 Å². The first-order valence-electron chi connectivity index (χ1n) is 4.79. The van der Waals surface area contributed by atoms with Crippen LogP contribution < -0.4 is 10.5 Å². The summed E-state index contributed by atoms with van der Waals surface area (Å²) in [7, 11) is 1.78. The van der Waals surface area contributed by atoms with Crippen molar-refractivity contribution in [2.75, 3.05) is 0 Å². The molecule has 2 rings (SSSR count). The van der Waals surface area contributed by atoms with E-state index in [1.165, 1.54) is 6.20 Å². The Bertz CT molecular complexity index is 549. The van der Waals surface area contributed by atoms with Crippen molar-refractivity contribution in [3.63, 3.8) is 0 Å². The molecule has 3 N–H and O–H groups in total. The Morgan fingerprint density at radius 2 is 2.41 bits per heavy atom. The second kappa shape index (κ2) is 4.52. The van der Waals surface area contributed by atoms with E-state index < -0.39 is 0 Å². The number of nitrogens with zero attached hydrogens (tertiary/aromatic N) is 4. The van der Waals surface area contributed by atoms with Gasteiger partial charge in [0, 0.05) is 24.9 Å². The molecule has 7 heteroatoms. The summed E-state index contributed by atoms with van der Waals surface area (Å²) in [6.07, 6.45) is 4.79. The third-order valence-corrected chi connectivity index (χ3v) is 2.04. The number of oxime groups is 1. The van der Waals surface area contributed by atoms with E-state index >= 15 is 0 Å². The standard InChI is InChI=1S/C10H11N5O2/c1-15-6-8(5-13-15)17-9-4-7(2-3-12-9)10(11)14-16/h2-6,16H,1H3,(H2,11,14). The normalized spacial score (nSPS) is 11.5. The molecule has 2 aromatic rings. The molecule has 0 radical (unpaired) electrons. The Morgan fingerprint density at radius 1 is 1.59 bits per heavy atom. The van der Waals surface area contributed by atoms with Crippen molar-refractivity contribution in [1.82, 2.24) is 14.8 Å². The molecule has 0 aromatic carbocycles. The second-order valence-corrected chi connectivity index (χ2v) is 3.32. The fourth-order valence-electron chi connectivity index (χ4n) is 1.25. The van der Waals surface area contributed by atoms with Crippen LogP contribution in [0.1, 0.15) is 5.56 Å². The lowest BCUT2D eigenvalue weighted by molar-refractivity contribution is 0.318. The van der Waals surface area contributed by atoms with Gasteiger partial charge in [-0.25, -0.2) is 4.98 Å². The molecular weight excluding hydrogens is 222 g/mol. The Labute approximate surface area is 97.1 Å². The summed E-state index contributed by atoms with van der Waals surface area (Å²) in [5.41, 5.74) is 5.99. The number of amidine groups is 1. The molecule has 0 aliphatic carbocycles. The molecule has 88 valence electrons. The molecule has 0 saturated carbocycles. The lowest BCUT2D eigenvalue weighted by atomic mass is 10.2. The largest absolute Gasteiger partial charge is 0.436 e. The van der Waals surface area contributed by atoms with Crippen LogP contribution in [-0.4, -0.2) is 25.8 Å². The third kappa shape index (κ3) is 2.51. The highest BCUT2D eigenvalue weighted by Crippen LogP contribution is 2.18. The highest BCUT2D eigenvalue weighted by Gasteiger charge is 2.04. The Morgan fingerprint density at radius 3 is 3.06 bits per heavy atom. The summed E-state index contributed by atoms with van der Waals surface area (Å²) in [5, 5.41) is 15.4. The number of rotatable bonds is 3. The molecule has 0 spiro atoms. The van der Waals surface area contributed by atoms with E-state index in [-0.39, 0.29) is 5.84 Å². The van der Waals surface area contributed by atoms with Crippen LogP contribution in [0.3, 0.4) is 0 Å². The number of nitrogens with two attached hydrogens (primary N) is 1. The van der Waals surface area contributed by atoms with E-state index in [2.05, 4.69) is 15.2 Å². The van der Waals surface area contributed by atoms with Crippen LogP contribution in [-0.2, 0) is 7.05 Å². The zero-order valence-corrected chi connectivity index (χ0v) is 9.11. The number of hydrogen-bond acceptors (Lipinski definition) is 5. The van der Waals surface area contributed by atoms with E-state index in [0.29, 0.717) is 17.2 Å². The van der Waals surface area contributed by atoms with Gasteiger partial charge in [0.05, 0.1) is 12.4 Å². The van der Waals surface area contributed by atoms with Crippen LogP contribution >= 0.6 is 0 Å². The molecule has 0 aliphatic rings. The minimum atomic E-state index is 0.00318. The second-order valence-electron chi connectivity index (χ2n) is 3.32. The van der Waals surface area contributed by atoms with Gasteiger partial charge >= 0.3 is 0 Å². The molecule has 0 unspecified atom stereocenters. The average Bonchev–Trinajstić information content (AvgIpc) is 2.74. The van der Waals surface area contributed by atoms with Gasteiger partial charge < -0.3 is 15.7 Å². The minimum absolute atomic E-state index is 0.00318. The van der Waals surface area contributed by atoms with Crippen LogP contribution in [0.15, 0.2) is 35.9 Å². The number of pyridine rings is 1. The highest BCUT2D eigenvalue weighted by molar-refractivity contribution is 5.97. The fraction of sp³-hybridized carbons (Fsp3) is 0.100. The predicted octanol–water partition coefficient (Wildman–Crippen LogP) is 0.702. The molecule has 17 heavy (non-hydrogen) atoms. The predicted molar refractivity (Wildman–Crippen MR) is 60.0 cm³/mol. The van der Waals surface area contributed by atoms with Crippen molar-refractivity contribution in [3.05, 3.63) is 36.3 Å². The number of hydrogen-bond donors (Lipinski definition) is 2. The third-order valence-electron chi connectivity index (χ3n) is 2.04. The van der Waals surface area contributed by atoms with Crippen LogP contribution in [0.2, 0.25) is 0 Å². The maximum Gasteiger partial charge on any atom is 0.220 e. The molecule has 0 aliphatic heterocycles. The van der Waals surface area contributed by atoms with Gasteiger partial charge in [-0.15, -0.1) is 0 Å². The topological polar surface area (TPSA) is 98.5 Å². The SMILES string of the molecule is Cn1cc(Oc2cc(/C(N)=N/O)ccn2)cn1. The van der Waals surface area contributed by atoms with Gasteiger partial charge in [-0.1, -0.05) is 5.16 Å². The van der Waals surface area contributed by atoms with E-state index in [0.717, 1.165) is 0 Å². The molecule has 0 bridgehead atoms. The summed E-state index contributed by atoms with van der Waals surface area (Å²) in [4.78, 5) is 4.01. The summed E-state index contributed by atoms with van der Waals surface area (Å²) in [5.74, 6) is 0.919. The summed E-state index contributed by atoms with van der Waals surface area (Å²) >= 11 is 0. The van der Waals surface area contributed by atoms with E-state index in [1.807, 2.05) is 0 Å². The maximum atomic E-state index is 8.56. The molecule has 2 heterocycles. The highest BCUT2D eigenvalue weighted by atomic mass is 16.5. The van der Waals surface area contributed by atoms with Gasteiger partial charge in [-0.05, 0) is 6.07 Å². The van der Waals surface area contributed by atoms with Crippen molar-refractivity contribution in [2.24, 2.45) is 17.9 Å².